The molecule has 9 rings (SSSR count). The van der Waals surface area contributed by atoms with Gasteiger partial charge in [-0.25, -0.2) is 0 Å². The minimum Gasteiger partial charge on any atom is -0.372 e. The molecule has 4 amide bonds. The molecule has 5 saturated heterocycles. The number of anilines is 3. The number of fused-ring (bicyclic) bond motifs is 1. The van der Waals surface area contributed by atoms with Crippen molar-refractivity contribution in [2.24, 2.45) is 11.3 Å². The molecule has 0 aliphatic carbocycles. The van der Waals surface area contributed by atoms with E-state index in [1.165, 1.54) is 5.69 Å². The second-order valence-electron chi connectivity index (χ2n) is 17.4. The van der Waals surface area contributed by atoms with Gasteiger partial charge in [-0.1, -0.05) is 6.57 Å². The number of imide groups is 1. The Hall–Kier alpha value is -5.48. The topological polar surface area (TPSA) is 117 Å². The lowest BCUT2D eigenvalue weighted by Gasteiger charge is -2.40. The van der Waals surface area contributed by atoms with Gasteiger partial charge in [0, 0.05) is 107 Å². The summed E-state index contributed by atoms with van der Waals surface area (Å²) in [5, 5.41) is 2.38. The second kappa shape index (κ2) is 15.7. The first-order valence-corrected chi connectivity index (χ1v) is 21.1. The van der Waals surface area contributed by atoms with Crippen LogP contribution in [-0.4, -0.2) is 121 Å². The smallest absolute Gasteiger partial charge is 0.272 e. The third-order valence-electron chi connectivity index (χ3n) is 13.9. The molecule has 1 N–H and O–H groups in total. The zero-order chi connectivity index (χ0) is 40.0. The molecule has 6 aliphatic rings. The molecule has 302 valence electrons. The van der Waals surface area contributed by atoms with E-state index in [1.807, 2.05) is 42.3 Å². The molecule has 13 nitrogen and oxygen atoms in total. The van der Waals surface area contributed by atoms with Crippen LogP contribution in [0.5, 0.6) is 0 Å². The summed E-state index contributed by atoms with van der Waals surface area (Å²) >= 11 is 0. The van der Waals surface area contributed by atoms with Gasteiger partial charge in [-0.2, -0.15) is 0 Å². The summed E-state index contributed by atoms with van der Waals surface area (Å²) in [4.78, 5) is 72.2. The van der Waals surface area contributed by atoms with Crippen LogP contribution in [0.1, 0.15) is 76.8 Å². The fourth-order valence-electron chi connectivity index (χ4n) is 10.3. The monoisotopic (exact) mass is 783 g/mol. The Labute approximate surface area is 340 Å². The number of aryl methyl sites for hydroxylation is 1. The summed E-state index contributed by atoms with van der Waals surface area (Å²) in [6.07, 6.45) is 7.86. The number of hydrogen-bond donors (Lipinski definition) is 1. The van der Waals surface area contributed by atoms with E-state index in [-0.39, 0.29) is 35.5 Å². The number of carbonyl (C=O) groups is 4. The van der Waals surface area contributed by atoms with E-state index in [0.717, 1.165) is 132 Å². The molecule has 1 atom stereocenters. The molecule has 1 spiro atoms. The molecule has 13 heteroatoms. The maximum Gasteiger partial charge on any atom is 0.272 e. The molecule has 1 aromatic heterocycles. The Balaban J connectivity index is 0.705. The molecular formula is C45H53N9O4. The number of hydrogen-bond acceptors (Lipinski definition) is 9. The van der Waals surface area contributed by atoms with E-state index in [1.54, 1.807) is 4.90 Å². The summed E-state index contributed by atoms with van der Waals surface area (Å²) < 4.78 is 0. The second-order valence-corrected chi connectivity index (χ2v) is 17.4. The van der Waals surface area contributed by atoms with Crippen molar-refractivity contribution in [1.82, 2.24) is 25.0 Å². The number of rotatable bonds is 7. The van der Waals surface area contributed by atoms with Gasteiger partial charge in [-0.3, -0.25) is 29.4 Å². The van der Waals surface area contributed by atoms with Gasteiger partial charge in [0.25, 0.3) is 17.6 Å². The van der Waals surface area contributed by atoms with Crippen molar-refractivity contribution >= 4 is 46.5 Å². The minimum atomic E-state index is -0.592. The molecule has 58 heavy (non-hydrogen) atoms. The van der Waals surface area contributed by atoms with Crippen LogP contribution in [0.15, 0.2) is 54.7 Å². The predicted octanol–water partition coefficient (Wildman–Crippen LogP) is 4.87. The summed E-state index contributed by atoms with van der Waals surface area (Å²) in [5.74, 6) is 0.473. The highest BCUT2D eigenvalue weighted by molar-refractivity contribution is 6.05. The number of pyridine rings is 1. The first-order chi connectivity index (χ1) is 28.1. The maximum absolute atomic E-state index is 13.6. The molecule has 5 fully saturated rings. The van der Waals surface area contributed by atoms with E-state index >= 15 is 0 Å². The highest BCUT2D eigenvalue weighted by atomic mass is 16.2. The molecule has 3 aromatic rings. The van der Waals surface area contributed by atoms with Gasteiger partial charge >= 0.3 is 0 Å². The van der Waals surface area contributed by atoms with Gasteiger partial charge in [0.05, 0.1) is 5.69 Å². The zero-order valence-electron chi connectivity index (χ0n) is 33.5. The fraction of sp³-hybridized carbons (Fsp3) is 0.511. The first kappa shape index (κ1) is 38.1. The average Bonchev–Trinajstić information content (AvgIpc) is 3.81. The van der Waals surface area contributed by atoms with E-state index in [0.29, 0.717) is 30.3 Å². The quantitative estimate of drug-likeness (QED) is 0.265. The standard InChI is InChI=1S/C45H53N9O4/c1-31-25-37(27-47-41(31)46-2)53-20-15-45(30-53)13-18-52(19-14-45)43(57)33-3-5-35(6-4-33)51-23-21-49(22-24-51)28-32-11-16-50(17-12-32)36-7-8-38-34(26-36)29-54(44(38)58)39-9-10-40(55)48-42(39)56/h3-8,25-27,32,39H,9-24,28-30H2,1H3,(H,48,55,56). The Morgan fingerprint density at radius 2 is 1.53 bits per heavy atom. The van der Waals surface area contributed by atoms with Gasteiger partial charge in [-0.15, -0.1) is 4.98 Å². The summed E-state index contributed by atoms with van der Waals surface area (Å²) in [7, 11) is 0. The number of aromatic nitrogens is 1. The number of piperazine rings is 1. The molecule has 2 aromatic carbocycles. The van der Waals surface area contributed by atoms with Gasteiger partial charge in [0.2, 0.25) is 11.8 Å². The summed E-state index contributed by atoms with van der Waals surface area (Å²) in [5.41, 5.74) is 6.93. The maximum atomic E-state index is 13.6. The summed E-state index contributed by atoms with van der Waals surface area (Å²) in [6.45, 7) is 20.3. The Kier molecular flexibility index (Phi) is 10.3. The Bertz CT molecular complexity index is 2130. The van der Waals surface area contributed by atoms with Gasteiger partial charge in [0.15, 0.2) is 0 Å². The SMILES string of the molecule is [C-]#[N+]c1ncc(N2CCC3(CCN(C(=O)c4ccc(N5CCN(CC6CCN(c7ccc8c(c7)CN(C7CCC(=O)NC7=O)C8=O)CC6)CC5)cc4)CC3)C2)cc1C. The van der Waals surface area contributed by atoms with Crippen LogP contribution < -0.4 is 20.0 Å². The molecule has 0 saturated carbocycles. The fourth-order valence-corrected chi connectivity index (χ4v) is 10.3. The highest BCUT2D eigenvalue weighted by Gasteiger charge is 2.42. The van der Waals surface area contributed by atoms with Gasteiger partial charge < -0.3 is 29.3 Å². The minimum absolute atomic E-state index is 0.128. The van der Waals surface area contributed by atoms with Crippen molar-refractivity contribution in [3.63, 3.8) is 0 Å². The van der Waals surface area contributed by atoms with Gasteiger partial charge in [-0.05, 0) is 116 Å². The largest absolute Gasteiger partial charge is 0.372 e. The molecule has 1 unspecified atom stereocenters. The van der Waals surface area contributed by atoms with Crippen molar-refractivity contribution in [1.29, 1.82) is 0 Å². The number of benzene rings is 2. The van der Waals surface area contributed by atoms with Crippen LogP contribution >= 0.6 is 0 Å². The van der Waals surface area contributed by atoms with E-state index in [2.05, 4.69) is 59.0 Å². The van der Waals surface area contributed by atoms with E-state index < -0.39 is 6.04 Å². The number of nitrogens with one attached hydrogen (secondary N) is 1. The normalized spacial score (nSPS) is 22.7. The molecule has 7 heterocycles. The average molecular weight is 784 g/mol. The van der Waals surface area contributed by atoms with E-state index in [4.69, 9.17) is 6.57 Å². The predicted molar refractivity (Wildman–Crippen MR) is 222 cm³/mol. The number of likely N-dealkylation sites (tertiary alicyclic amines) is 1. The lowest BCUT2D eigenvalue weighted by atomic mass is 9.77. The van der Waals surface area contributed by atoms with Crippen molar-refractivity contribution in [2.75, 3.05) is 86.7 Å². The highest BCUT2D eigenvalue weighted by Crippen LogP contribution is 2.42. The van der Waals surface area contributed by atoms with Crippen molar-refractivity contribution in [3.8, 4) is 0 Å². The number of carbonyl (C=O) groups excluding carboxylic acids is 4. The van der Waals surface area contributed by atoms with Crippen LogP contribution in [0.2, 0.25) is 0 Å². The number of nitrogens with zero attached hydrogens (tertiary/aromatic N) is 8. The lowest BCUT2D eigenvalue weighted by molar-refractivity contribution is -0.136. The van der Waals surface area contributed by atoms with Crippen LogP contribution in [0, 0.1) is 24.8 Å². The van der Waals surface area contributed by atoms with E-state index in [9.17, 15) is 19.2 Å². The van der Waals surface area contributed by atoms with Crippen LogP contribution in [0.4, 0.5) is 22.9 Å². The molecule has 0 radical (unpaired) electrons. The number of amides is 4. The lowest BCUT2D eigenvalue weighted by Crippen LogP contribution is -2.52. The van der Waals surface area contributed by atoms with Crippen molar-refractivity contribution in [2.45, 2.75) is 64.5 Å². The Morgan fingerprint density at radius 3 is 2.24 bits per heavy atom. The number of piperidine rings is 3. The van der Waals surface area contributed by atoms with Crippen molar-refractivity contribution < 1.29 is 19.2 Å². The Morgan fingerprint density at radius 1 is 0.828 bits per heavy atom. The van der Waals surface area contributed by atoms with Crippen LogP contribution in [0.25, 0.3) is 4.85 Å². The van der Waals surface area contributed by atoms with Crippen molar-refractivity contribution in [3.05, 3.63) is 88.4 Å². The molecular weight excluding hydrogens is 731 g/mol. The zero-order valence-corrected chi connectivity index (χ0v) is 33.5. The third-order valence-corrected chi connectivity index (χ3v) is 13.9. The first-order valence-electron chi connectivity index (χ1n) is 21.1. The third kappa shape index (κ3) is 7.50. The van der Waals surface area contributed by atoms with Crippen LogP contribution in [-0.2, 0) is 16.1 Å². The summed E-state index contributed by atoms with van der Waals surface area (Å²) in [6, 6.07) is 15.8. The van der Waals surface area contributed by atoms with Crippen LogP contribution in [0.3, 0.4) is 0 Å². The molecule has 0 bridgehead atoms. The van der Waals surface area contributed by atoms with Gasteiger partial charge in [0.1, 0.15) is 12.2 Å². The molecule has 6 aliphatic heterocycles.